The summed E-state index contributed by atoms with van der Waals surface area (Å²) in [5.41, 5.74) is 7.51. The summed E-state index contributed by atoms with van der Waals surface area (Å²) in [5.74, 6) is -0.243. The summed E-state index contributed by atoms with van der Waals surface area (Å²) >= 11 is 0. The number of nitrogens with zero attached hydrogens (tertiary/aromatic N) is 1. The van der Waals surface area contributed by atoms with Crippen molar-refractivity contribution in [1.29, 1.82) is 0 Å². The molecule has 2 N–H and O–H groups in total. The maximum Gasteiger partial charge on any atom is 0.232 e. The lowest BCUT2D eigenvalue weighted by atomic mass is 9.61. The van der Waals surface area contributed by atoms with Gasteiger partial charge >= 0.3 is 0 Å². The Morgan fingerprint density at radius 1 is 1.00 bits per heavy atom. The molecule has 3 nitrogen and oxygen atoms in total. The highest BCUT2D eigenvalue weighted by atomic mass is 127. The molecule has 2 aromatic carbocycles. The standard InChI is InChI=1S/C24H30N2O.HI/c1-23(15-20-13-14-21(16-23)26(20)2)17-24(22(25)27,18-9-5-3-6-10-18)19-11-7-4-8-12-19;/h3-12,20-21H,13-17H2,1-2H3,(H2,25,27);1H. The molecule has 28 heavy (non-hydrogen) atoms. The molecular weight excluding hydrogens is 459 g/mol. The first-order valence-corrected chi connectivity index (χ1v) is 10.1. The van der Waals surface area contributed by atoms with Crippen LogP contribution in [0, 0.1) is 5.41 Å². The number of piperidine rings is 1. The van der Waals surface area contributed by atoms with Crippen molar-refractivity contribution in [2.45, 2.75) is 56.5 Å². The van der Waals surface area contributed by atoms with Gasteiger partial charge in [-0.2, -0.15) is 0 Å². The van der Waals surface area contributed by atoms with Gasteiger partial charge in [-0.15, -0.1) is 24.0 Å². The van der Waals surface area contributed by atoms with Gasteiger partial charge in [-0.3, -0.25) is 4.79 Å². The molecule has 2 unspecified atom stereocenters. The zero-order valence-electron chi connectivity index (χ0n) is 16.8. The van der Waals surface area contributed by atoms with Gasteiger partial charge in [0.25, 0.3) is 0 Å². The maximum absolute atomic E-state index is 13.1. The zero-order valence-corrected chi connectivity index (χ0v) is 19.1. The smallest absolute Gasteiger partial charge is 0.232 e. The molecule has 4 rings (SSSR count). The zero-order chi connectivity index (χ0) is 19.1. The Morgan fingerprint density at radius 2 is 1.43 bits per heavy atom. The predicted octanol–water partition coefficient (Wildman–Crippen LogP) is 4.73. The van der Waals surface area contributed by atoms with Gasteiger partial charge in [0.2, 0.25) is 5.91 Å². The van der Waals surface area contributed by atoms with Crippen molar-refractivity contribution in [3.8, 4) is 0 Å². The fourth-order valence-electron chi connectivity index (χ4n) is 5.78. The number of rotatable bonds is 5. The van der Waals surface area contributed by atoms with Crippen LogP contribution in [0.3, 0.4) is 0 Å². The lowest BCUT2D eigenvalue weighted by Crippen LogP contribution is -2.50. The molecule has 0 saturated carbocycles. The molecule has 0 radical (unpaired) electrons. The van der Waals surface area contributed by atoms with Gasteiger partial charge in [-0.1, -0.05) is 67.6 Å². The quantitative estimate of drug-likeness (QED) is 0.617. The fraction of sp³-hybridized carbons (Fsp3) is 0.458. The Balaban J connectivity index is 0.00000225. The van der Waals surface area contributed by atoms with Crippen molar-refractivity contribution in [3.05, 3.63) is 71.8 Å². The normalized spacial score (nSPS) is 27.2. The number of benzene rings is 2. The van der Waals surface area contributed by atoms with E-state index in [4.69, 9.17) is 5.73 Å². The van der Waals surface area contributed by atoms with Crippen molar-refractivity contribution in [1.82, 2.24) is 4.90 Å². The number of carbonyl (C=O) groups is 1. The second-order valence-corrected chi connectivity index (χ2v) is 8.95. The molecule has 2 atom stereocenters. The van der Waals surface area contributed by atoms with Gasteiger partial charge in [-0.25, -0.2) is 0 Å². The van der Waals surface area contributed by atoms with Crippen molar-refractivity contribution in [3.63, 3.8) is 0 Å². The van der Waals surface area contributed by atoms with Gasteiger partial charge in [-0.05, 0) is 55.7 Å². The topological polar surface area (TPSA) is 46.3 Å². The molecule has 2 fully saturated rings. The number of halogens is 1. The Hall–Kier alpha value is -1.40. The van der Waals surface area contributed by atoms with Crippen LogP contribution in [0.2, 0.25) is 0 Å². The van der Waals surface area contributed by atoms with Crippen LogP contribution in [-0.2, 0) is 10.2 Å². The first kappa shape index (κ1) is 21.3. The maximum atomic E-state index is 13.1. The number of hydrogen-bond donors (Lipinski definition) is 1. The van der Waals surface area contributed by atoms with Gasteiger partial charge in [0, 0.05) is 12.1 Å². The van der Waals surface area contributed by atoms with E-state index in [-0.39, 0.29) is 35.3 Å². The van der Waals surface area contributed by atoms with Crippen LogP contribution >= 0.6 is 24.0 Å². The van der Waals surface area contributed by atoms with Gasteiger partial charge < -0.3 is 10.6 Å². The lowest BCUT2D eigenvalue weighted by Gasteiger charge is -2.47. The third-order valence-electron chi connectivity index (χ3n) is 7.09. The molecule has 0 aromatic heterocycles. The SMILES string of the molecule is CN1C2CCC1CC(C)(CC(C(N)=O)(c1ccccc1)c1ccccc1)C2.I. The van der Waals surface area contributed by atoms with E-state index in [9.17, 15) is 4.79 Å². The summed E-state index contributed by atoms with van der Waals surface area (Å²) in [7, 11) is 2.26. The van der Waals surface area contributed by atoms with E-state index in [2.05, 4.69) is 43.1 Å². The van der Waals surface area contributed by atoms with E-state index in [1.165, 1.54) is 12.8 Å². The fourth-order valence-corrected chi connectivity index (χ4v) is 5.78. The summed E-state index contributed by atoms with van der Waals surface area (Å²) in [5, 5.41) is 0. The summed E-state index contributed by atoms with van der Waals surface area (Å²) < 4.78 is 0. The predicted molar refractivity (Wildman–Crippen MR) is 125 cm³/mol. The molecule has 1 amide bonds. The van der Waals surface area contributed by atoms with Gasteiger partial charge in [0.05, 0.1) is 5.41 Å². The molecular formula is C24H31IN2O. The highest BCUT2D eigenvalue weighted by Crippen LogP contribution is 2.52. The first-order chi connectivity index (χ1) is 12.9. The summed E-state index contributed by atoms with van der Waals surface area (Å²) in [4.78, 5) is 15.6. The van der Waals surface area contributed by atoms with Crippen LogP contribution in [0.4, 0.5) is 0 Å². The van der Waals surface area contributed by atoms with Crippen LogP contribution in [0.25, 0.3) is 0 Å². The number of primary amides is 1. The number of amides is 1. The Morgan fingerprint density at radius 3 is 1.82 bits per heavy atom. The van der Waals surface area contributed by atoms with Crippen molar-refractivity contribution >= 4 is 29.9 Å². The molecule has 2 bridgehead atoms. The molecule has 2 aliphatic rings. The minimum absolute atomic E-state index is 0. The summed E-state index contributed by atoms with van der Waals surface area (Å²) in [6.45, 7) is 2.37. The van der Waals surface area contributed by atoms with Crippen LogP contribution < -0.4 is 5.73 Å². The second kappa shape index (κ2) is 8.15. The second-order valence-electron chi connectivity index (χ2n) is 8.95. The summed E-state index contributed by atoms with van der Waals surface area (Å²) in [6, 6.07) is 21.5. The molecule has 150 valence electrons. The van der Waals surface area contributed by atoms with Gasteiger partial charge in [0.1, 0.15) is 0 Å². The number of nitrogens with two attached hydrogens (primary N) is 1. The first-order valence-electron chi connectivity index (χ1n) is 10.1. The minimum atomic E-state index is -0.785. The highest BCUT2D eigenvalue weighted by Gasteiger charge is 2.51. The highest BCUT2D eigenvalue weighted by molar-refractivity contribution is 14.0. The van der Waals surface area contributed by atoms with E-state index in [1.807, 2.05) is 36.4 Å². The van der Waals surface area contributed by atoms with E-state index < -0.39 is 5.41 Å². The third-order valence-corrected chi connectivity index (χ3v) is 7.09. The number of carbonyl (C=O) groups excluding carboxylic acids is 1. The molecule has 2 aromatic rings. The molecule has 0 spiro atoms. The number of hydrogen-bond acceptors (Lipinski definition) is 2. The average molecular weight is 490 g/mol. The lowest BCUT2D eigenvalue weighted by molar-refractivity contribution is -0.123. The van der Waals surface area contributed by atoms with Crippen molar-refractivity contribution < 1.29 is 4.79 Å². The van der Waals surface area contributed by atoms with Crippen LogP contribution in [-0.4, -0.2) is 29.9 Å². The molecule has 0 aliphatic carbocycles. The van der Waals surface area contributed by atoms with E-state index in [0.29, 0.717) is 12.1 Å². The molecule has 2 saturated heterocycles. The Labute approximate surface area is 185 Å². The molecule has 4 heteroatoms. The molecule has 2 heterocycles. The number of fused-ring (bicyclic) bond motifs is 2. The van der Waals surface area contributed by atoms with Crippen LogP contribution in [0.15, 0.2) is 60.7 Å². The van der Waals surface area contributed by atoms with Crippen molar-refractivity contribution in [2.75, 3.05) is 7.05 Å². The Kier molecular flexibility index (Phi) is 6.20. The Bertz CT molecular complexity index is 754. The van der Waals surface area contributed by atoms with Gasteiger partial charge in [0.15, 0.2) is 0 Å². The monoisotopic (exact) mass is 490 g/mol. The van der Waals surface area contributed by atoms with E-state index >= 15 is 0 Å². The average Bonchev–Trinajstić information content (AvgIpc) is 2.90. The summed E-state index contributed by atoms with van der Waals surface area (Å²) in [6.07, 6.45) is 5.58. The third kappa shape index (κ3) is 3.61. The molecule has 2 aliphatic heterocycles. The van der Waals surface area contributed by atoms with E-state index in [1.54, 1.807) is 0 Å². The van der Waals surface area contributed by atoms with Crippen LogP contribution in [0.5, 0.6) is 0 Å². The van der Waals surface area contributed by atoms with Crippen molar-refractivity contribution in [2.24, 2.45) is 11.1 Å². The largest absolute Gasteiger partial charge is 0.369 e. The minimum Gasteiger partial charge on any atom is -0.369 e. The van der Waals surface area contributed by atoms with E-state index in [0.717, 1.165) is 30.4 Å². The van der Waals surface area contributed by atoms with Crippen LogP contribution in [0.1, 0.15) is 50.2 Å².